The second kappa shape index (κ2) is 7.11. The van der Waals surface area contributed by atoms with E-state index < -0.39 is 5.97 Å². The molecule has 2 heterocycles. The third-order valence-electron chi connectivity index (χ3n) is 3.89. The standard InChI is InChI=1S/C18H13N7O3/c19-23-13(10-5-4-6-11(9-10)18(26)27)14-15(20-12-7-2-1-3-8-12)22-17-16(21-14)24-28-25-17/h1-9H,19H2,(H,26,27)(H,20,22,25)/b23-13+. The van der Waals surface area contributed by atoms with Crippen molar-refractivity contribution < 1.29 is 14.5 Å². The molecule has 10 nitrogen and oxygen atoms in total. The van der Waals surface area contributed by atoms with Crippen LogP contribution in [0.1, 0.15) is 21.6 Å². The number of aromatic nitrogens is 4. The molecule has 138 valence electrons. The van der Waals surface area contributed by atoms with Gasteiger partial charge in [0.05, 0.1) is 5.56 Å². The van der Waals surface area contributed by atoms with Crippen molar-refractivity contribution in [2.45, 2.75) is 0 Å². The predicted molar refractivity (Wildman–Crippen MR) is 100 cm³/mol. The van der Waals surface area contributed by atoms with E-state index in [4.69, 9.17) is 10.5 Å². The molecule has 2 aromatic heterocycles. The summed E-state index contributed by atoms with van der Waals surface area (Å²) in [7, 11) is 0. The predicted octanol–water partition coefficient (Wildman–Crippen LogP) is 2.17. The normalized spacial score (nSPS) is 11.5. The Labute approximate surface area is 157 Å². The molecule has 0 aliphatic rings. The summed E-state index contributed by atoms with van der Waals surface area (Å²) in [5.74, 6) is 4.88. The molecule has 28 heavy (non-hydrogen) atoms. The molecular weight excluding hydrogens is 362 g/mol. The number of carboxylic acids is 1. The van der Waals surface area contributed by atoms with Crippen LogP contribution in [0.15, 0.2) is 64.3 Å². The maximum Gasteiger partial charge on any atom is 0.335 e. The molecule has 0 saturated heterocycles. The smallest absolute Gasteiger partial charge is 0.335 e. The molecule has 4 N–H and O–H groups in total. The summed E-state index contributed by atoms with van der Waals surface area (Å²) >= 11 is 0. The molecule has 0 bridgehead atoms. The molecule has 0 saturated carbocycles. The monoisotopic (exact) mass is 375 g/mol. The van der Waals surface area contributed by atoms with Gasteiger partial charge >= 0.3 is 5.97 Å². The average Bonchev–Trinajstić information content (AvgIpc) is 3.17. The Balaban J connectivity index is 1.86. The number of aromatic carboxylic acids is 1. The summed E-state index contributed by atoms with van der Waals surface area (Å²) in [6, 6.07) is 15.5. The van der Waals surface area contributed by atoms with Crippen molar-refractivity contribution in [2.24, 2.45) is 10.9 Å². The van der Waals surface area contributed by atoms with Crippen LogP contribution in [-0.4, -0.2) is 37.1 Å². The van der Waals surface area contributed by atoms with Crippen molar-refractivity contribution in [3.8, 4) is 0 Å². The molecule has 10 heteroatoms. The molecule has 4 rings (SSSR count). The zero-order chi connectivity index (χ0) is 19.5. The van der Waals surface area contributed by atoms with Crippen LogP contribution < -0.4 is 11.2 Å². The number of para-hydroxylation sites is 1. The van der Waals surface area contributed by atoms with Gasteiger partial charge in [0.25, 0.3) is 0 Å². The second-order valence-electron chi connectivity index (χ2n) is 5.69. The lowest BCUT2D eigenvalue weighted by molar-refractivity contribution is 0.0697. The van der Waals surface area contributed by atoms with Gasteiger partial charge in [-0.3, -0.25) is 0 Å². The SMILES string of the molecule is N/N=C(\c1cccc(C(=O)O)c1)c1nc2nonc2nc1Nc1ccccc1. The first-order valence-corrected chi connectivity index (χ1v) is 8.10. The van der Waals surface area contributed by atoms with E-state index in [2.05, 4.69) is 30.7 Å². The van der Waals surface area contributed by atoms with Crippen LogP contribution in [0, 0.1) is 0 Å². The molecule has 0 unspecified atom stereocenters. The number of anilines is 2. The number of rotatable bonds is 5. The average molecular weight is 375 g/mol. The molecule has 4 aromatic rings. The lowest BCUT2D eigenvalue weighted by atomic mass is 10.0. The van der Waals surface area contributed by atoms with Crippen molar-refractivity contribution in [3.63, 3.8) is 0 Å². The molecular formula is C18H13N7O3. The molecule has 0 spiro atoms. The van der Waals surface area contributed by atoms with Crippen molar-refractivity contribution in [2.75, 3.05) is 5.32 Å². The fraction of sp³-hybridized carbons (Fsp3) is 0. The minimum Gasteiger partial charge on any atom is -0.478 e. The Bertz CT molecular complexity index is 1190. The van der Waals surface area contributed by atoms with Crippen LogP contribution in [-0.2, 0) is 0 Å². The second-order valence-corrected chi connectivity index (χ2v) is 5.69. The number of fused-ring (bicyclic) bond motifs is 1. The van der Waals surface area contributed by atoms with Gasteiger partial charge < -0.3 is 16.3 Å². The summed E-state index contributed by atoms with van der Waals surface area (Å²) in [4.78, 5) is 20.1. The molecule has 0 fully saturated rings. The van der Waals surface area contributed by atoms with Crippen molar-refractivity contribution in [3.05, 3.63) is 71.4 Å². The number of hydrogen-bond acceptors (Lipinski definition) is 9. The number of nitrogens with two attached hydrogens (primary N) is 1. The van der Waals surface area contributed by atoms with E-state index in [1.165, 1.54) is 12.1 Å². The van der Waals surface area contributed by atoms with Crippen molar-refractivity contribution in [1.29, 1.82) is 0 Å². The fourth-order valence-electron chi connectivity index (χ4n) is 2.62. The summed E-state index contributed by atoms with van der Waals surface area (Å²) in [5, 5.41) is 23.6. The highest BCUT2D eigenvalue weighted by Gasteiger charge is 2.20. The zero-order valence-corrected chi connectivity index (χ0v) is 14.3. The first kappa shape index (κ1) is 17.1. The molecule has 0 aliphatic heterocycles. The molecule has 0 atom stereocenters. The van der Waals surface area contributed by atoms with Gasteiger partial charge in [0.2, 0.25) is 11.3 Å². The number of carbonyl (C=O) groups is 1. The lowest BCUT2D eigenvalue weighted by Gasteiger charge is -2.12. The number of nitrogens with one attached hydrogen (secondary N) is 1. The molecule has 2 aromatic carbocycles. The minimum atomic E-state index is -1.07. The van der Waals surface area contributed by atoms with Crippen LogP contribution in [0.2, 0.25) is 0 Å². The Morgan fingerprint density at radius 1 is 1.00 bits per heavy atom. The van der Waals surface area contributed by atoms with Crippen molar-refractivity contribution >= 4 is 34.5 Å². The zero-order valence-electron chi connectivity index (χ0n) is 14.3. The van der Waals surface area contributed by atoms with E-state index in [1.54, 1.807) is 12.1 Å². The number of hydrogen-bond donors (Lipinski definition) is 3. The van der Waals surface area contributed by atoms with Gasteiger partial charge in [0.1, 0.15) is 11.4 Å². The number of benzene rings is 2. The van der Waals surface area contributed by atoms with E-state index in [0.29, 0.717) is 11.4 Å². The first-order chi connectivity index (χ1) is 13.7. The van der Waals surface area contributed by atoms with Crippen LogP contribution in [0.3, 0.4) is 0 Å². The molecule has 0 radical (unpaired) electrons. The fourth-order valence-corrected chi connectivity index (χ4v) is 2.62. The van der Waals surface area contributed by atoms with Gasteiger partial charge in [-0.15, -0.1) is 0 Å². The minimum absolute atomic E-state index is 0.0911. The van der Waals surface area contributed by atoms with Gasteiger partial charge in [0.15, 0.2) is 5.82 Å². The van der Waals surface area contributed by atoms with E-state index in [0.717, 1.165) is 5.69 Å². The summed E-state index contributed by atoms with van der Waals surface area (Å²) < 4.78 is 4.69. The largest absolute Gasteiger partial charge is 0.478 e. The van der Waals surface area contributed by atoms with Crippen molar-refractivity contribution in [1.82, 2.24) is 20.3 Å². The summed E-state index contributed by atoms with van der Waals surface area (Å²) in [6.45, 7) is 0. The number of nitrogens with zero attached hydrogens (tertiary/aromatic N) is 5. The number of hydrazone groups is 1. The highest BCUT2D eigenvalue weighted by Crippen LogP contribution is 2.23. The van der Waals surface area contributed by atoms with Crippen LogP contribution in [0.4, 0.5) is 11.5 Å². The third-order valence-corrected chi connectivity index (χ3v) is 3.89. The van der Waals surface area contributed by atoms with Gasteiger partial charge in [-0.1, -0.05) is 30.3 Å². The van der Waals surface area contributed by atoms with E-state index >= 15 is 0 Å². The van der Waals surface area contributed by atoms with Gasteiger partial charge in [-0.25, -0.2) is 19.4 Å². The van der Waals surface area contributed by atoms with Crippen LogP contribution >= 0.6 is 0 Å². The van der Waals surface area contributed by atoms with Gasteiger partial charge in [0, 0.05) is 11.3 Å². The first-order valence-electron chi connectivity index (χ1n) is 8.10. The lowest BCUT2D eigenvalue weighted by Crippen LogP contribution is -2.14. The molecule has 0 aliphatic carbocycles. The Kier molecular flexibility index (Phi) is 4.34. The maximum absolute atomic E-state index is 11.3. The number of carboxylic acid groups (broad SMARTS) is 1. The highest BCUT2D eigenvalue weighted by atomic mass is 16.6. The van der Waals surface area contributed by atoms with Crippen LogP contribution in [0.5, 0.6) is 0 Å². The Morgan fingerprint density at radius 2 is 1.71 bits per heavy atom. The summed E-state index contributed by atoms with van der Waals surface area (Å²) in [5.41, 5.74) is 2.19. The van der Waals surface area contributed by atoms with E-state index in [1.807, 2.05) is 30.3 Å². The van der Waals surface area contributed by atoms with Gasteiger partial charge in [-0.05, 0) is 34.6 Å². The summed E-state index contributed by atoms with van der Waals surface area (Å²) in [6.07, 6.45) is 0. The van der Waals surface area contributed by atoms with Gasteiger partial charge in [-0.2, -0.15) is 5.10 Å². The van der Waals surface area contributed by atoms with Crippen LogP contribution in [0.25, 0.3) is 11.3 Å². The topological polar surface area (TPSA) is 152 Å². The third kappa shape index (κ3) is 3.21. The Hall–Kier alpha value is -4.34. The maximum atomic E-state index is 11.3. The highest BCUT2D eigenvalue weighted by molar-refractivity contribution is 6.15. The molecule has 0 amide bonds. The quantitative estimate of drug-likeness (QED) is 0.270. The van der Waals surface area contributed by atoms with E-state index in [-0.39, 0.29) is 28.3 Å². The van der Waals surface area contributed by atoms with E-state index in [9.17, 15) is 9.90 Å². The Morgan fingerprint density at radius 3 is 2.43 bits per heavy atom.